The van der Waals surface area contributed by atoms with Crippen LogP contribution in [0.5, 0.6) is 5.75 Å². The monoisotopic (exact) mass is 576 g/mol. The molecule has 0 fully saturated rings. The van der Waals surface area contributed by atoms with Crippen LogP contribution < -0.4 is 4.74 Å². The van der Waals surface area contributed by atoms with Crippen LogP contribution in [0.3, 0.4) is 0 Å². The minimum atomic E-state index is -0.306. The Hall–Kier alpha value is -4.37. The Morgan fingerprint density at radius 1 is 0.878 bits per heavy atom. The van der Waals surface area contributed by atoms with Gasteiger partial charge < -0.3 is 14.5 Å². The van der Waals surface area contributed by atoms with Crippen LogP contribution in [0, 0.1) is 3.95 Å². The molecule has 0 aliphatic rings. The van der Waals surface area contributed by atoms with E-state index >= 15 is 0 Å². The van der Waals surface area contributed by atoms with Crippen molar-refractivity contribution < 1.29 is 9.47 Å². The molecule has 6 aromatic rings. The van der Waals surface area contributed by atoms with Crippen LogP contribution in [0.25, 0.3) is 16.3 Å². The Balaban J connectivity index is 1.26. The van der Waals surface area contributed by atoms with Crippen LogP contribution in [-0.4, -0.2) is 26.6 Å². The Labute approximate surface area is 247 Å². The molecule has 0 saturated carbocycles. The molecule has 0 aliphatic heterocycles. The van der Waals surface area contributed by atoms with E-state index in [1.165, 1.54) is 11.3 Å². The van der Waals surface area contributed by atoms with Crippen molar-refractivity contribution in [2.45, 2.75) is 18.8 Å². The van der Waals surface area contributed by atoms with Crippen molar-refractivity contribution in [3.05, 3.63) is 148 Å². The summed E-state index contributed by atoms with van der Waals surface area (Å²) in [5.74, 6) is 0.757. The molecule has 0 bridgehead atoms. The Morgan fingerprint density at radius 2 is 1.59 bits per heavy atom. The molecule has 204 valence electrons. The summed E-state index contributed by atoms with van der Waals surface area (Å²) in [6, 6.07) is 36.4. The number of thiazole rings is 1. The minimum Gasteiger partial charge on any atom is -0.487 e. The normalized spacial score (nSPS) is 13.0. The highest BCUT2D eigenvalue weighted by atomic mass is 32.1. The van der Waals surface area contributed by atoms with Gasteiger partial charge in [0.25, 0.3) is 0 Å². The van der Waals surface area contributed by atoms with Gasteiger partial charge in [0.1, 0.15) is 30.2 Å². The van der Waals surface area contributed by atoms with Gasteiger partial charge in [-0.25, -0.2) is 4.68 Å². The lowest BCUT2D eigenvalue weighted by Crippen LogP contribution is -2.22. The van der Waals surface area contributed by atoms with Gasteiger partial charge in [0.2, 0.25) is 0 Å². The summed E-state index contributed by atoms with van der Waals surface area (Å²) >= 11 is 6.79. The van der Waals surface area contributed by atoms with E-state index in [0.29, 0.717) is 13.2 Å². The van der Waals surface area contributed by atoms with E-state index in [0.717, 1.165) is 42.3 Å². The van der Waals surface area contributed by atoms with Crippen molar-refractivity contribution in [2.24, 2.45) is 0 Å². The van der Waals surface area contributed by atoms with Crippen LogP contribution in [0.1, 0.15) is 34.5 Å². The molecule has 2 aromatic heterocycles. The van der Waals surface area contributed by atoms with Gasteiger partial charge in [-0.15, -0.1) is 16.4 Å². The third-order valence-corrected chi connectivity index (χ3v) is 7.86. The van der Waals surface area contributed by atoms with Crippen LogP contribution in [0.2, 0.25) is 0 Å². The number of hydrogen-bond donors (Lipinski definition) is 1. The summed E-state index contributed by atoms with van der Waals surface area (Å²) in [6.45, 7) is 0.733. The molecular weight excluding hydrogens is 549 g/mol. The van der Waals surface area contributed by atoms with E-state index in [-0.39, 0.29) is 12.1 Å². The molecule has 6 nitrogen and oxygen atoms in total. The summed E-state index contributed by atoms with van der Waals surface area (Å²) in [6.07, 6.45) is 5.76. The largest absolute Gasteiger partial charge is 0.487 e. The molecule has 4 aromatic carbocycles. The molecule has 1 unspecified atom stereocenters. The summed E-state index contributed by atoms with van der Waals surface area (Å²) in [5, 5.41) is 9.01. The quantitative estimate of drug-likeness (QED) is 0.158. The number of aromatic nitrogens is 4. The molecule has 41 heavy (non-hydrogen) atoms. The van der Waals surface area contributed by atoms with Crippen LogP contribution >= 0.6 is 23.6 Å². The molecule has 0 saturated heterocycles. The number of fused-ring (bicyclic) bond motifs is 1. The fourth-order valence-electron chi connectivity index (χ4n) is 4.72. The summed E-state index contributed by atoms with van der Waals surface area (Å²) in [5.41, 5.74) is 5.00. The molecule has 0 spiro atoms. The first-order chi connectivity index (χ1) is 20.2. The highest BCUT2D eigenvalue weighted by molar-refractivity contribution is 7.73. The van der Waals surface area contributed by atoms with Gasteiger partial charge in [0.15, 0.2) is 3.95 Å². The average molecular weight is 577 g/mol. The molecule has 1 N–H and O–H groups in total. The van der Waals surface area contributed by atoms with E-state index in [1.54, 1.807) is 0 Å². The van der Waals surface area contributed by atoms with Gasteiger partial charge in [0, 0.05) is 0 Å². The van der Waals surface area contributed by atoms with E-state index in [4.69, 9.17) is 21.7 Å². The molecule has 0 amide bonds. The van der Waals surface area contributed by atoms with Gasteiger partial charge in [-0.05, 0) is 47.1 Å². The second kappa shape index (κ2) is 12.9. The summed E-state index contributed by atoms with van der Waals surface area (Å²) < 4.78 is 16.4. The maximum Gasteiger partial charge on any atom is 0.159 e. The number of benzene rings is 4. The highest BCUT2D eigenvalue weighted by Crippen LogP contribution is 2.35. The van der Waals surface area contributed by atoms with Gasteiger partial charge in [-0.2, -0.15) is 0 Å². The minimum absolute atomic E-state index is 0.242. The predicted octanol–water partition coefficient (Wildman–Crippen LogP) is 8.19. The van der Waals surface area contributed by atoms with Gasteiger partial charge >= 0.3 is 0 Å². The maximum atomic E-state index is 6.59. The zero-order chi connectivity index (χ0) is 27.9. The fourth-order valence-corrected chi connectivity index (χ4v) is 5.87. The number of nitrogens with one attached hydrogen (secondary N) is 1. The highest BCUT2D eigenvalue weighted by Gasteiger charge is 2.28. The van der Waals surface area contributed by atoms with Crippen molar-refractivity contribution >= 4 is 39.8 Å². The fraction of sp³-hybridized carbons (Fsp3) is 0.121. The maximum absolute atomic E-state index is 6.59. The van der Waals surface area contributed by atoms with E-state index in [1.807, 2.05) is 89.8 Å². The third kappa shape index (κ3) is 6.69. The van der Waals surface area contributed by atoms with E-state index in [9.17, 15) is 0 Å². The Bertz CT molecular complexity index is 1780. The number of hydrogen-bond acceptors (Lipinski definition) is 6. The van der Waals surface area contributed by atoms with Crippen LogP contribution in [-0.2, 0) is 11.3 Å². The topological polar surface area (TPSA) is 65.0 Å². The first kappa shape index (κ1) is 26.8. The second-order valence-electron chi connectivity index (χ2n) is 9.48. The van der Waals surface area contributed by atoms with Crippen LogP contribution in [0.15, 0.2) is 121 Å². The molecule has 0 aliphatic carbocycles. The Morgan fingerprint density at radius 3 is 2.34 bits per heavy atom. The van der Waals surface area contributed by atoms with Crippen molar-refractivity contribution in [3.8, 4) is 5.75 Å². The standard InChI is InChI=1S/C33H28N4O2S2/c40-33-34-29-19-18-28(21-30(29)41-33)39-23-27-22-37(36-35-27)31(25-14-6-2-7-15-25)32(26-16-8-3-9-17-26)38-20-10-13-24-11-4-1-5-12-24/h1-19,21-22,31-32H,20,23H2,(H,34,40)/b13-10+/t31?,32-/m0/s1. The second-order valence-corrected chi connectivity index (χ2v) is 11.2. The molecule has 6 rings (SSSR count). The first-order valence-electron chi connectivity index (χ1n) is 13.3. The lowest BCUT2D eigenvalue weighted by molar-refractivity contribution is 0.0403. The number of nitrogens with zero attached hydrogens (tertiary/aromatic N) is 3. The lowest BCUT2D eigenvalue weighted by atomic mass is 9.95. The number of ether oxygens (including phenoxy) is 2. The SMILES string of the molecule is S=c1[nH]c2ccc(OCc3cn(C(c4ccccc4)[C@@H](OC/C=C/c4ccccc4)c4ccccc4)nn3)cc2s1. The average Bonchev–Trinajstić information content (AvgIpc) is 3.64. The first-order valence-corrected chi connectivity index (χ1v) is 14.5. The zero-order valence-corrected chi connectivity index (χ0v) is 23.8. The molecular formula is C33H28N4O2S2. The van der Waals surface area contributed by atoms with Crippen molar-refractivity contribution in [1.29, 1.82) is 0 Å². The zero-order valence-electron chi connectivity index (χ0n) is 22.2. The van der Waals surface area contributed by atoms with Crippen molar-refractivity contribution in [1.82, 2.24) is 20.0 Å². The molecule has 2 heterocycles. The van der Waals surface area contributed by atoms with Gasteiger partial charge in [0.05, 0.1) is 23.0 Å². The van der Waals surface area contributed by atoms with E-state index in [2.05, 4.69) is 57.8 Å². The van der Waals surface area contributed by atoms with Crippen molar-refractivity contribution in [2.75, 3.05) is 6.61 Å². The lowest BCUT2D eigenvalue weighted by Gasteiger charge is -2.28. The number of aromatic amines is 1. The summed E-state index contributed by atoms with van der Waals surface area (Å²) in [4.78, 5) is 3.18. The Kier molecular flexibility index (Phi) is 8.42. The number of rotatable bonds is 11. The summed E-state index contributed by atoms with van der Waals surface area (Å²) in [7, 11) is 0. The molecule has 0 radical (unpaired) electrons. The molecule has 2 atom stereocenters. The molecule has 8 heteroatoms. The van der Waals surface area contributed by atoms with Crippen molar-refractivity contribution in [3.63, 3.8) is 0 Å². The van der Waals surface area contributed by atoms with Gasteiger partial charge in [-0.3, -0.25) is 0 Å². The third-order valence-electron chi connectivity index (χ3n) is 6.66. The predicted molar refractivity (Wildman–Crippen MR) is 167 cm³/mol. The van der Waals surface area contributed by atoms with Crippen LogP contribution in [0.4, 0.5) is 0 Å². The van der Waals surface area contributed by atoms with Gasteiger partial charge in [-0.1, -0.05) is 108 Å². The van der Waals surface area contributed by atoms with E-state index < -0.39 is 0 Å². The smallest absolute Gasteiger partial charge is 0.159 e. The number of H-pyrrole nitrogens is 1.